The summed E-state index contributed by atoms with van der Waals surface area (Å²) in [6.07, 6.45) is 3.35. The number of aromatic hydroxyl groups is 1. The quantitative estimate of drug-likeness (QED) is 0.913. The average molecular weight is 296 g/mol. The zero-order chi connectivity index (χ0) is 15.7. The molecule has 0 saturated carbocycles. The first-order chi connectivity index (χ1) is 10.6. The fourth-order valence-electron chi connectivity index (χ4n) is 2.90. The minimum atomic E-state index is -0.170. The van der Waals surface area contributed by atoms with Gasteiger partial charge in [-0.15, -0.1) is 0 Å². The number of rotatable bonds is 3. The highest BCUT2D eigenvalue weighted by Gasteiger charge is 2.26. The number of nitrogens with zero attached hydrogens (tertiary/aromatic N) is 1. The van der Waals surface area contributed by atoms with E-state index in [0.717, 1.165) is 29.5 Å². The molecule has 3 rings (SSSR count). The summed E-state index contributed by atoms with van der Waals surface area (Å²) in [6.45, 7) is 4.19. The van der Waals surface area contributed by atoms with E-state index in [1.165, 1.54) is 0 Å². The second-order valence-electron chi connectivity index (χ2n) is 6.04. The van der Waals surface area contributed by atoms with Crippen molar-refractivity contribution in [1.29, 1.82) is 0 Å². The van der Waals surface area contributed by atoms with Gasteiger partial charge in [-0.25, -0.2) is 0 Å². The highest BCUT2D eigenvalue weighted by Crippen LogP contribution is 2.36. The monoisotopic (exact) mass is 296 g/mol. The predicted octanol–water partition coefficient (Wildman–Crippen LogP) is 3.33. The van der Waals surface area contributed by atoms with Crippen LogP contribution >= 0.6 is 0 Å². The second kappa shape index (κ2) is 5.79. The van der Waals surface area contributed by atoms with Crippen LogP contribution in [0.15, 0.2) is 36.5 Å². The van der Waals surface area contributed by atoms with Crippen molar-refractivity contribution < 1.29 is 9.90 Å². The Labute approximate surface area is 130 Å². The lowest BCUT2D eigenvalue weighted by atomic mass is 10.1. The van der Waals surface area contributed by atoms with Crippen molar-refractivity contribution in [3.05, 3.63) is 58.9 Å². The zero-order valence-electron chi connectivity index (χ0n) is 12.8. The van der Waals surface area contributed by atoms with E-state index in [0.29, 0.717) is 17.4 Å². The van der Waals surface area contributed by atoms with Gasteiger partial charge in [0.15, 0.2) is 0 Å². The molecule has 1 amide bonds. The topological polar surface area (TPSA) is 62.2 Å². The first-order valence-electron chi connectivity index (χ1n) is 7.64. The highest BCUT2D eigenvalue weighted by molar-refractivity contribution is 5.92. The fraction of sp³-hybridized carbons (Fsp3) is 0.333. The molecule has 22 heavy (non-hydrogen) atoms. The summed E-state index contributed by atoms with van der Waals surface area (Å²) in [6, 6.07) is 9.12. The first-order valence-corrected chi connectivity index (χ1v) is 7.64. The number of phenols is 1. The van der Waals surface area contributed by atoms with Gasteiger partial charge < -0.3 is 10.4 Å². The van der Waals surface area contributed by atoms with Gasteiger partial charge in [0, 0.05) is 6.20 Å². The molecule has 1 heterocycles. The van der Waals surface area contributed by atoms with Gasteiger partial charge in [-0.1, -0.05) is 32.0 Å². The number of benzene rings is 1. The van der Waals surface area contributed by atoms with Crippen LogP contribution in [0.1, 0.15) is 59.4 Å². The Kier molecular flexibility index (Phi) is 3.84. The van der Waals surface area contributed by atoms with Crippen molar-refractivity contribution >= 4 is 5.91 Å². The van der Waals surface area contributed by atoms with Crippen molar-refractivity contribution in [3.8, 4) is 5.75 Å². The number of nitrogens with one attached hydrogen (secondary N) is 1. The maximum absolute atomic E-state index is 12.3. The number of aromatic nitrogens is 1. The molecule has 114 valence electrons. The van der Waals surface area contributed by atoms with E-state index < -0.39 is 0 Å². The Morgan fingerprint density at radius 3 is 2.82 bits per heavy atom. The largest absolute Gasteiger partial charge is 0.508 e. The highest BCUT2D eigenvalue weighted by atomic mass is 16.3. The SMILES string of the molecule is CC(C)c1ccc(C(=O)NC2CCc3c(O)cccc32)nc1. The van der Waals surface area contributed by atoms with Crippen LogP contribution in [0.4, 0.5) is 0 Å². The number of pyridine rings is 1. The normalized spacial score (nSPS) is 16.6. The third-order valence-electron chi connectivity index (χ3n) is 4.24. The van der Waals surface area contributed by atoms with Crippen LogP contribution < -0.4 is 5.32 Å². The van der Waals surface area contributed by atoms with Crippen molar-refractivity contribution in [2.24, 2.45) is 0 Å². The standard InChI is InChI=1S/C18H20N2O2/c1-11(2)12-6-8-16(19-10-12)18(22)20-15-9-7-14-13(15)4-3-5-17(14)21/h3-6,8,10-11,15,21H,7,9H2,1-2H3,(H,20,22). The van der Waals surface area contributed by atoms with Crippen LogP contribution in [0.25, 0.3) is 0 Å². The van der Waals surface area contributed by atoms with Crippen molar-refractivity contribution in [2.75, 3.05) is 0 Å². The minimum absolute atomic E-state index is 0.0545. The van der Waals surface area contributed by atoms with E-state index in [-0.39, 0.29) is 11.9 Å². The average Bonchev–Trinajstić information content (AvgIpc) is 2.92. The van der Waals surface area contributed by atoms with E-state index in [1.807, 2.05) is 18.2 Å². The van der Waals surface area contributed by atoms with Gasteiger partial charge in [0.05, 0.1) is 6.04 Å². The fourth-order valence-corrected chi connectivity index (χ4v) is 2.90. The summed E-state index contributed by atoms with van der Waals surface area (Å²) in [7, 11) is 0. The number of fused-ring (bicyclic) bond motifs is 1. The molecule has 1 aliphatic carbocycles. The summed E-state index contributed by atoms with van der Waals surface area (Å²) in [5.74, 6) is 0.541. The van der Waals surface area contributed by atoms with E-state index in [4.69, 9.17) is 0 Å². The van der Waals surface area contributed by atoms with Gasteiger partial charge >= 0.3 is 0 Å². The molecule has 1 atom stereocenters. The number of carbonyl (C=O) groups excluding carboxylic acids is 1. The van der Waals surface area contributed by atoms with Crippen molar-refractivity contribution in [3.63, 3.8) is 0 Å². The summed E-state index contributed by atoms with van der Waals surface area (Å²) in [5.41, 5.74) is 3.49. The third-order valence-corrected chi connectivity index (χ3v) is 4.24. The molecule has 0 saturated heterocycles. The van der Waals surface area contributed by atoms with Crippen LogP contribution in [-0.2, 0) is 6.42 Å². The zero-order valence-corrected chi connectivity index (χ0v) is 12.8. The first kappa shape index (κ1) is 14.6. The Bertz CT molecular complexity index is 693. The molecule has 1 aromatic heterocycles. The Morgan fingerprint density at radius 2 is 2.14 bits per heavy atom. The molecular weight excluding hydrogens is 276 g/mol. The van der Waals surface area contributed by atoms with Crippen LogP contribution in [0, 0.1) is 0 Å². The molecule has 0 aliphatic heterocycles. The number of carbonyl (C=O) groups is 1. The molecule has 2 aromatic rings. The van der Waals surface area contributed by atoms with E-state index in [9.17, 15) is 9.90 Å². The molecule has 0 spiro atoms. The van der Waals surface area contributed by atoms with Gasteiger partial charge in [-0.2, -0.15) is 0 Å². The van der Waals surface area contributed by atoms with Gasteiger partial charge in [-0.05, 0) is 47.6 Å². The lowest BCUT2D eigenvalue weighted by molar-refractivity contribution is 0.0931. The summed E-state index contributed by atoms with van der Waals surface area (Å²) in [5, 5.41) is 12.9. The number of hydrogen-bond donors (Lipinski definition) is 2. The molecule has 0 fully saturated rings. The molecule has 2 N–H and O–H groups in total. The molecule has 4 heteroatoms. The Balaban J connectivity index is 1.75. The maximum Gasteiger partial charge on any atom is 0.270 e. The van der Waals surface area contributed by atoms with Crippen LogP contribution in [0.5, 0.6) is 5.75 Å². The number of phenolic OH excluding ortho intramolecular Hbond substituents is 1. The second-order valence-corrected chi connectivity index (χ2v) is 6.04. The van der Waals surface area contributed by atoms with Gasteiger partial charge in [-0.3, -0.25) is 9.78 Å². The van der Waals surface area contributed by atoms with Crippen LogP contribution in [0.3, 0.4) is 0 Å². The number of hydrogen-bond acceptors (Lipinski definition) is 3. The van der Waals surface area contributed by atoms with E-state index in [1.54, 1.807) is 18.3 Å². The number of amides is 1. The van der Waals surface area contributed by atoms with E-state index in [2.05, 4.69) is 24.1 Å². The van der Waals surface area contributed by atoms with Crippen molar-refractivity contribution in [2.45, 2.75) is 38.6 Å². The summed E-state index contributed by atoms with van der Waals surface area (Å²) in [4.78, 5) is 16.6. The molecule has 1 aliphatic rings. The maximum atomic E-state index is 12.3. The summed E-state index contributed by atoms with van der Waals surface area (Å²) >= 11 is 0. The third kappa shape index (κ3) is 2.69. The molecule has 4 nitrogen and oxygen atoms in total. The minimum Gasteiger partial charge on any atom is -0.508 e. The van der Waals surface area contributed by atoms with E-state index >= 15 is 0 Å². The predicted molar refractivity (Wildman–Crippen MR) is 85.0 cm³/mol. The Hall–Kier alpha value is -2.36. The molecule has 1 unspecified atom stereocenters. The molecular formula is C18H20N2O2. The summed E-state index contributed by atoms with van der Waals surface area (Å²) < 4.78 is 0. The van der Waals surface area contributed by atoms with Crippen LogP contribution in [-0.4, -0.2) is 16.0 Å². The molecule has 0 radical (unpaired) electrons. The molecule has 0 bridgehead atoms. The lowest BCUT2D eigenvalue weighted by Gasteiger charge is -2.14. The van der Waals surface area contributed by atoms with Crippen LogP contribution in [0.2, 0.25) is 0 Å². The van der Waals surface area contributed by atoms with Gasteiger partial charge in [0.2, 0.25) is 0 Å². The smallest absolute Gasteiger partial charge is 0.270 e. The van der Waals surface area contributed by atoms with Gasteiger partial charge in [0.25, 0.3) is 5.91 Å². The lowest BCUT2D eigenvalue weighted by Crippen LogP contribution is -2.27. The van der Waals surface area contributed by atoms with Gasteiger partial charge in [0.1, 0.15) is 11.4 Å². The Morgan fingerprint density at radius 1 is 1.32 bits per heavy atom. The van der Waals surface area contributed by atoms with Crippen molar-refractivity contribution in [1.82, 2.24) is 10.3 Å². The molecule has 1 aromatic carbocycles.